The van der Waals surface area contributed by atoms with Gasteiger partial charge in [-0.2, -0.15) is 0 Å². The number of rotatable bonds is 4. The van der Waals surface area contributed by atoms with Gasteiger partial charge in [0.25, 0.3) is 5.91 Å². The predicted molar refractivity (Wildman–Crippen MR) is 83.9 cm³/mol. The normalized spacial score (nSPS) is 12.9. The van der Waals surface area contributed by atoms with Crippen molar-refractivity contribution in [2.45, 2.75) is 32.9 Å². The van der Waals surface area contributed by atoms with Crippen LogP contribution in [0, 0.1) is 0 Å². The standard InChI is InChI=1S/C15H19BrN2O2/c1-9(2)18(8-10(3)19)15(20)11-7-17-13-6-4-5-12(16)14(11)13/h4-7,9-10,17,19H,8H2,1-3H3. The first-order valence-electron chi connectivity index (χ1n) is 6.66. The lowest BCUT2D eigenvalue weighted by atomic mass is 10.1. The average molecular weight is 339 g/mol. The van der Waals surface area contributed by atoms with Crippen molar-refractivity contribution in [3.8, 4) is 0 Å². The van der Waals surface area contributed by atoms with Crippen LogP contribution in [0.2, 0.25) is 0 Å². The van der Waals surface area contributed by atoms with E-state index >= 15 is 0 Å². The number of aromatic nitrogens is 1. The molecule has 108 valence electrons. The summed E-state index contributed by atoms with van der Waals surface area (Å²) < 4.78 is 0.889. The summed E-state index contributed by atoms with van der Waals surface area (Å²) in [5.41, 5.74) is 1.55. The number of benzene rings is 1. The smallest absolute Gasteiger partial charge is 0.256 e. The van der Waals surface area contributed by atoms with Crippen LogP contribution in [0.5, 0.6) is 0 Å². The molecule has 0 aliphatic heterocycles. The molecule has 1 atom stereocenters. The number of nitrogens with one attached hydrogen (secondary N) is 1. The van der Waals surface area contributed by atoms with Crippen LogP contribution >= 0.6 is 15.9 Å². The summed E-state index contributed by atoms with van der Waals surface area (Å²) in [4.78, 5) is 17.5. The van der Waals surface area contributed by atoms with E-state index in [4.69, 9.17) is 0 Å². The van der Waals surface area contributed by atoms with E-state index in [1.807, 2.05) is 32.0 Å². The van der Waals surface area contributed by atoms with Gasteiger partial charge in [-0.25, -0.2) is 0 Å². The quantitative estimate of drug-likeness (QED) is 0.899. The van der Waals surface area contributed by atoms with Crippen LogP contribution in [-0.2, 0) is 0 Å². The second-order valence-electron chi connectivity index (χ2n) is 5.27. The van der Waals surface area contributed by atoms with Gasteiger partial charge < -0.3 is 15.0 Å². The molecular formula is C15H19BrN2O2. The Kier molecular flexibility index (Phi) is 4.50. The molecule has 2 aromatic rings. The molecule has 2 N–H and O–H groups in total. The molecule has 0 aliphatic carbocycles. The highest BCUT2D eigenvalue weighted by molar-refractivity contribution is 9.10. The largest absolute Gasteiger partial charge is 0.392 e. The molecule has 1 amide bonds. The lowest BCUT2D eigenvalue weighted by Crippen LogP contribution is -2.41. The third-order valence-corrected chi connectivity index (χ3v) is 3.89. The van der Waals surface area contributed by atoms with E-state index in [-0.39, 0.29) is 11.9 Å². The SMILES string of the molecule is CC(O)CN(C(=O)c1c[nH]c2cccc(Br)c12)C(C)C. The first-order chi connectivity index (χ1) is 9.41. The summed E-state index contributed by atoms with van der Waals surface area (Å²) in [5, 5.41) is 10.5. The van der Waals surface area contributed by atoms with Crippen LogP contribution in [0.4, 0.5) is 0 Å². The number of amides is 1. The maximum absolute atomic E-state index is 12.7. The van der Waals surface area contributed by atoms with Crippen molar-refractivity contribution in [3.05, 3.63) is 34.4 Å². The minimum Gasteiger partial charge on any atom is -0.392 e. The van der Waals surface area contributed by atoms with E-state index in [9.17, 15) is 9.90 Å². The van der Waals surface area contributed by atoms with Gasteiger partial charge in [0.1, 0.15) is 0 Å². The predicted octanol–water partition coefficient (Wildman–Crippen LogP) is 3.16. The monoisotopic (exact) mass is 338 g/mol. The van der Waals surface area contributed by atoms with Crippen LogP contribution < -0.4 is 0 Å². The number of halogens is 1. The van der Waals surface area contributed by atoms with E-state index in [0.29, 0.717) is 12.1 Å². The number of hydrogen-bond donors (Lipinski definition) is 2. The molecule has 0 radical (unpaired) electrons. The van der Waals surface area contributed by atoms with Crippen molar-refractivity contribution in [1.82, 2.24) is 9.88 Å². The molecule has 5 heteroatoms. The zero-order valence-electron chi connectivity index (χ0n) is 11.9. The highest BCUT2D eigenvalue weighted by Crippen LogP contribution is 2.28. The lowest BCUT2D eigenvalue weighted by molar-refractivity contribution is 0.0580. The second kappa shape index (κ2) is 5.97. The number of nitrogens with zero attached hydrogens (tertiary/aromatic N) is 1. The summed E-state index contributed by atoms with van der Waals surface area (Å²) in [6.45, 7) is 5.91. The number of carbonyl (C=O) groups excluding carboxylic acids is 1. The first-order valence-corrected chi connectivity index (χ1v) is 7.45. The fraction of sp³-hybridized carbons (Fsp3) is 0.400. The van der Waals surface area contributed by atoms with Crippen molar-refractivity contribution < 1.29 is 9.90 Å². The van der Waals surface area contributed by atoms with E-state index in [0.717, 1.165) is 15.4 Å². The molecule has 1 unspecified atom stereocenters. The number of H-pyrrole nitrogens is 1. The van der Waals surface area contributed by atoms with Crippen LogP contribution in [0.25, 0.3) is 10.9 Å². The molecule has 2 rings (SSSR count). The van der Waals surface area contributed by atoms with E-state index < -0.39 is 6.10 Å². The summed E-state index contributed by atoms with van der Waals surface area (Å²) >= 11 is 3.49. The molecule has 1 heterocycles. The van der Waals surface area contributed by atoms with Gasteiger partial charge in [-0.05, 0) is 32.9 Å². The highest BCUT2D eigenvalue weighted by Gasteiger charge is 2.23. The molecule has 0 aliphatic rings. The summed E-state index contributed by atoms with van der Waals surface area (Å²) in [6.07, 6.45) is 1.19. The number of aliphatic hydroxyl groups is 1. The number of hydrogen-bond acceptors (Lipinski definition) is 2. The minimum atomic E-state index is -0.546. The van der Waals surface area contributed by atoms with Crippen LogP contribution in [0.3, 0.4) is 0 Å². The van der Waals surface area contributed by atoms with Gasteiger partial charge in [0.2, 0.25) is 0 Å². The molecule has 20 heavy (non-hydrogen) atoms. The Bertz CT molecular complexity index is 619. The van der Waals surface area contributed by atoms with Gasteiger partial charge in [-0.3, -0.25) is 4.79 Å². The van der Waals surface area contributed by atoms with Crippen molar-refractivity contribution >= 4 is 32.7 Å². The number of aliphatic hydroxyl groups excluding tert-OH is 1. The Hall–Kier alpha value is -1.33. The van der Waals surface area contributed by atoms with E-state index in [1.54, 1.807) is 18.0 Å². The van der Waals surface area contributed by atoms with Crippen LogP contribution in [0.1, 0.15) is 31.1 Å². The van der Waals surface area contributed by atoms with Gasteiger partial charge in [0.05, 0.1) is 11.7 Å². The summed E-state index contributed by atoms with van der Waals surface area (Å²) in [6, 6.07) is 5.81. The van der Waals surface area contributed by atoms with Crippen molar-refractivity contribution in [2.75, 3.05) is 6.54 Å². The van der Waals surface area contributed by atoms with Gasteiger partial charge in [0, 0.05) is 34.2 Å². The third kappa shape index (κ3) is 2.88. The molecule has 1 aromatic carbocycles. The Balaban J connectivity index is 2.44. The Labute approximate surface area is 126 Å². The molecule has 1 aromatic heterocycles. The summed E-state index contributed by atoms with van der Waals surface area (Å²) in [5.74, 6) is -0.0703. The molecule has 0 saturated carbocycles. The molecule has 0 fully saturated rings. The summed E-state index contributed by atoms with van der Waals surface area (Å²) in [7, 11) is 0. The lowest BCUT2D eigenvalue weighted by Gasteiger charge is -2.28. The molecule has 0 bridgehead atoms. The number of fused-ring (bicyclic) bond motifs is 1. The Morgan fingerprint density at radius 2 is 2.10 bits per heavy atom. The maximum Gasteiger partial charge on any atom is 0.256 e. The van der Waals surface area contributed by atoms with Gasteiger partial charge in [0.15, 0.2) is 0 Å². The fourth-order valence-electron chi connectivity index (χ4n) is 2.28. The number of carbonyl (C=O) groups is 1. The van der Waals surface area contributed by atoms with Crippen molar-refractivity contribution in [2.24, 2.45) is 0 Å². The van der Waals surface area contributed by atoms with Crippen molar-refractivity contribution in [3.63, 3.8) is 0 Å². The Morgan fingerprint density at radius 1 is 1.40 bits per heavy atom. The zero-order valence-corrected chi connectivity index (χ0v) is 13.4. The second-order valence-corrected chi connectivity index (χ2v) is 6.12. The fourth-order valence-corrected chi connectivity index (χ4v) is 2.86. The van der Waals surface area contributed by atoms with Gasteiger partial charge in [-0.15, -0.1) is 0 Å². The highest BCUT2D eigenvalue weighted by atomic mass is 79.9. The molecule has 0 spiro atoms. The number of aromatic amines is 1. The molecule has 4 nitrogen and oxygen atoms in total. The van der Waals surface area contributed by atoms with E-state index in [2.05, 4.69) is 20.9 Å². The topological polar surface area (TPSA) is 56.3 Å². The zero-order chi connectivity index (χ0) is 14.9. The first kappa shape index (κ1) is 15.1. The van der Waals surface area contributed by atoms with Crippen LogP contribution in [0.15, 0.2) is 28.9 Å². The molecular weight excluding hydrogens is 320 g/mol. The van der Waals surface area contributed by atoms with E-state index in [1.165, 1.54) is 0 Å². The Morgan fingerprint density at radius 3 is 2.70 bits per heavy atom. The van der Waals surface area contributed by atoms with Gasteiger partial charge >= 0.3 is 0 Å². The maximum atomic E-state index is 12.7. The minimum absolute atomic E-state index is 0.0320. The average Bonchev–Trinajstić information content (AvgIpc) is 2.80. The third-order valence-electron chi connectivity index (χ3n) is 3.23. The molecule has 0 saturated heterocycles. The van der Waals surface area contributed by atoms with Crippen LogP contribution in [-0.4, -0.2) is 39.6 Å². The van der Waals surface area contributed by atoms with Gasteiger partial charge in [-0.1, -0.05) is 22.0 Å². The van der Waals surface area contributed by atoms with Crippen molar-refractivity contribution in [1.29, 1.82) is 0 Å².